The van der Waals surface area contributed by atoms with Crippen molar-refractivity contribution in [1.29, 1.82) is 0 Å². The van der Waals surface area contributed by atoms with Crippen molar-refractivity contribution >= 4 is 73.1 Å². The first kappa shape index (κ1) is 29.3. The van der Waals surface area contributed by atoms with Gasteiger partial charge in [0.1, 0.15) is 11.5 Å². The molecule has 0 saturated heterocycles. The van der Waals surface area contributed by atoms with Gasteiger partial charge in [0, 0.05) is 38.0 Å². The lowest BCUT2D eigenvalue weighted by molar-refractivity contribution is 0.170. The molecule has 2 rings (SSSR count). The van der Waals surface area contributed by atoms with Gasteiger partial charge in [-0.05, 0) is 123 Å². The summed E-state index contributed by atoms with van der Waals surface area (Å²) in [6.07, 6.45) is -0.778. The molecule has 2 aromatic rings. The highest BCUT2D eigenvalue weighted by Crippen LogP contribution is 2.56. The molecule has 0 radical (unpaired) electrons. The van der Waals surface area contributed by atoms with Gasteiger partial charge in [-0.25, -0.2) is 9.59 Å². The fourth-order valence-electron chi connectivity index (χ4n) is 2.52. The largest absolute Gasteiger partial charge is 0.414 e. The third-order valence-electron chi connectivity index (χ3n) is 4.40. The molecule has 0 saturated carbocycles. The highest BCUT2D eigenvalue weighted by atomic mass is 33.9. The van der Waals surface area contributed by atoms with Gasteiger partial charge in [-0.1, -0.05) is 12.1 Å². The maximum atomic E-state index is 11.9. The van der Waals surface area contributed by atoms with E-state index in [4.69, 9.17) is 9.47 Å². The van der Waals surface area contributed by atoms with Gasteiger partial charge in [0.05, 0.1) is 0 Å². The van der Waals surface area contributed by atoms with Crippen LogP contribution in [0, 0.1) is 27.7 Å². The molecule has 0 aliphatic heterocycles. The first-order valence-corrected chi connectivity index (χ1v) is 17.5. The Labute approximate surface area is 224 Å². The van der Waals surface area contributed by atoms with Crippen LogP contribution >= 0.6 is 60.9 Å². The smallest absolute Gasteiger partial charge is 0.410 e. The van der Waals surface area contributed by atoms with Crippen LogP contribution in [0.15, 0.2) is 34.1 Å². The fourth-order valence-corrected chi connectivity index (χ4v) is 13.9. The maximum absolute atomic E-state index is 11.9. The first-order valence-electron chi connectivity index (χ1n) is 10.0. The monoisotopic (exact) mass is 576 g/mol. The zero-order chi connectivity index (χ0) is 25.4. The Balaban J connectivity index is 1.87. The van der Waals surface area contributed by atoms with E-state index >= 15 is 0 Å². The third-order valence-corrected chi connectivity index (χ3v) is 15.2. The second kappa shape index (κ2) is 14.0. The lowest BCUT2D eigenvalue weighted by Crippen LogP contribution is -2.25. The van der Waals surface area contributed by atoms with Gasteiger partial charge in [0.2, 0.25) is 0 Å². The molecule has 0 aromatic heterocycles. The number of aryl methyl sites for hydroxylation is 4. The van der Waals surface area contributed by atoms with Gasteiger partial charge < -0.3 is 19.3 Å². The summed E-state index contributed by atoms with van der Waals surface area (Å²) in [7, 11) is 16.6. The molecule has 0 atom stereocenters. The van der Waals surface area contributed by atoms with Crippen LogP contribution in [-0.2, 0) is 0 Å². The van der Waals surface area contributed by atoms with E-state index in [-0.39, 0.29) is 12.2 Å². The number of rotatable bonds is 9. The third kappa shape index (κ3) is 8.94. The first-order chi connectivity index (χ1) is 16.0. The van der Waals surface area contributed by atoms with E-state index in [0.29, 0.717) is 11.5 Å². The molecular formula is C22H28N2O4S6. The van der Waals surface area contributed by atoms with Crippen molar-refractivity contribution in [1.82, 2.24) is 9.80 Å². The lowest BCUT2D eigenvalue weighted by atomic mass is 10.1. The molecule has 12 heteroatoms. The molecule has 0 spiro atoms. The highest BCUT2D eigenvalue weighted by molar-refractivity contribution is 9.41. The standard InChI is InChI=1S/C22H28N2O4S6/c1-13-9-15(3)19(11-17(13)27-21(25)23(5)6)29-31-33-34-32-30-20-12-18(14(2)10-16(20)4)28-22(26)24(7)8/h9-12H,1-8H3. The average Bonchev–Trinajstić information content (AvgIpc) is 2.75. The summed E-state index contributed by atoms with van der Waals surface area (Å²) < 4.78 is 10.9. The minimum Gasteiger partial charge on any atom is -0.410 e. The Morgan fingerprint density at radius 3 is 1.26 bits per heavy atom. The highest BCUT2D eigenvalue weighted by Gasteiger charge is 2.14. The van der Waals surface area contributed by atoms with E-state index in [1.807, 2.05) is 38.1 Å². The number of carbonyl (C=O) groups is 2. The van der Waals surface area contributed by atoms with Crippen LogP contribution in [0.4, 0.5) is 9.59 Å². The minimum absolute atomic E-state index is 0.389. The molecule has 186 valence electrons. The Morgan fingerprint density at radius 1 is 0.588 bits per heavy atom. The average molecular weight is 577 g/mol. The van der Waals surface area contributed by atoms with Gasteiger partial charge in [0.15, 0.2) is 0 Å². The zero-order valence-corrected chi connectivity index (χ0v) is 25.2. The number of carbonyl (C=O) groups excluding carboxylic acids is 2. The summed E-state index contributed by atoms with van der Waals surface area (Å²) in [6, 6.07) is 7.90. The number of hydrogen-bond donors (Lipinski definition) is 0. The summed E-state index contributed by atoms with van der Waals surface area (Å²) in [4.78, 5) is 28.8. The molecule has 0 fully saturated rings. The van der Waals surface area contributed by atoms with Crippen molar-refractivity contribution in [3.05, 3.63) is 46.5 Å². The summed E-state index contributed by atoms with van der Waals surface area (Å²) in [5.41, 5.74) is 4.14. The van der Waals surface area contributed by atoms with Crippen molar-refractivity contribution < 1.29 is 19.1 Å². The Kier molecular flexibility index (Phi) is 12.1. The number of benzene rings is 2. The van der Waals surface area contributed by atoms with E-state index in [9.17, 15) is 9.59 Å². The van der Waals surface area contributed by atoms with Crippen molar-refractivity contribution in [3.8, 4) is 11.5 Å². The van der Waals surface area contributed by atoms with Crippen molar-refractivity contribution in [2.75, 3.05) is 28.2 Å². The van der Waals surface area contributed by atoms with Gasteiger partial charge >= 0.3 is 12.2 Å². The second-order valence-corrected chi connectivity index (χ2v) is 17.0. The number of amides is 2. The van der Waals surface area contributed by atoms with Crippen LogP contribution < -0.4 is 9.47 Å². The summed E-state index contributed by atoms with van der Waals surface area (Å²) >= 11 is 0. The van der Waals surface area contributed by atoms with E-state index in [1.54, 1.807) is 89.1 Å². The molecule has 0 N–H and O–H groups in total. The van der Waals surface area contributed by atoms with Gasteiger partial charge in [-0.15, -0.1) is 0 Å². The van der Waals surface area contributed by atoms with Crippen molar-refractivity contribution in [3.63, 3.8) is 0 Å². The number of ether oxygens (including phenoxy) is 2. The molecule has 2 amide bonds. The molecule has 0 unspecified atom stereocenters. The van der Waals surface area contributed by atoms with E-state index in [2.05, 4.69) is 13.8 Å². The van der Waals surface area contributed by atoms with Gasteiger partial charge in [0.25, 0.3) is 0 Å². The van der Waals surface area contributed by atoms with E-state index in [0.717, 1.165) is 32.0 Å². The SMILES string of the molecule is Cc1cc(C)c(SSSSSSc2cc(OC(=O)N(C)C)c(C)cc2C)cc1OC(=O)N(C)C. The summed E-state index contributed by atoms with van der Waals surface area (Å²) in [5, 5.41) is 0. The number of nitrogens with zero attached hydrogens (tertiary/aromatic N) is 2. The minimum atomic E-state index is -0.389. The molecule has 34 heavy (non-hydrogen) atoms. The van der Waals surface area contributed by atoms with Crippen LogP contribution in [0.25, 0.3) is 0 Å². The summed E-state index contributed by atoms with van der Waals surface area (Å²) in [5.74, 6) is 1.16. The van der Waals surface area contributed by atoms with Gasteiger partial charge in [-0.2, -0.15) is 0 Å². The van der Waals surface area contributed by atoms with E-state index in [1.165, 1.54) is 9.80 Å². The quantitative estimate of drug-likeness (QED) is 0.215. The lowest BCUT2D eigenvalue weighted by Gasteiger charge is -2.15. The molecule has 0 bridgehead atoms. The second-order valence-electron chi connectivity index (χ2n) is 7.73. The molecule has 0 aliphatic rings. The van der Waals surface area contributed by atoms with Crippen LogP contribution in [0.3, 0.4) is 0 Å². The van der Waals surface area contributed by atoms with Crippen LogP contribution in [0.2, 0.25) is 0 Å². The van der Waals surface area contributed by atoms with Crippen LogP contribution in [0.5, 0.6) is 11.5 Å². The maximum Gasteiger partial charge on any atom is 0.414 e. The predicted molar refractivity (Wildman–Crippen MR) is 153 cm³/mol. The van der Waals surface area contributed by atoms with Crippen molar-refractivity contribution in [2.45, 2.75) is 37.5 Å². The Bertz CT molecular complexity index is 951. The van der Waals surface area contributed by atoms with E-state index < -0.39 is 0 Å². The Morgan fingerprint density at radius 2 is 0.941 bits per heavy atom. The predicted octanol–water partition coefficient (Wildman–Crippen LogP) is 8.43. The zero-order valence-electron chi connectivity index (χ0n) is 20.3. The molecular weight excluding hydrogens is 549 g/mol. The molecule has 6 nitrogen and oxygen atoms in total. The van der Waals surface area contributed by atoms with Crippen molar-refractivity contribution in [2.24, 2.45) is 0 Å². The van der Waals surface area contributed by atoms with Gasteiger partial charge in [-0.3, -0.25) is 0 Å². The van der Waals surface area contributed by atoms with Crippen LogP contribution in [0.1, 0.15) is 22.3 Å². The Hall–Kier alpha value is -0.920. The normalized spacial score (nSPS) is 10.7. The van der Waals surface area contributed by atoms with Crippen LogP contribution in [-0.4, -0.2) is 50.2 Å². The molecule has 0 heterocycles. The fraction of sp³-hybridized carbons (Fsp3) is 0.364. The topological polar surface area (TPSA) is 59.1 Å². The summed E-state index contributed by atoms with van der Waals surface area (Å²) in [6.45, 7) is 7.98. The number of hydrogen-bond acceptors (Lipinski definition) is 10. The molecule has 0 aliphatic carbocycles. The molecule has 2 aromatic carbocycles.